The maximum atomic E-state index is 11.5. The largest absolute Gasteiger partial charge is 0.409 e. The summed E-state index contributed by atoms with van der Waals surface area (Å²) in [6.45, 7) is 6.63. The van der Waals surface area contributed by atoms with Gasteiger partial charge in [-0.25, -0.2) is 8.42 Å². The number of anilines is 1. The number of alkyl halides is 1. The lowest BCUT2D eigenvalue weighted by molar-refractivity contribution is 0.217. The molecule has 0 aromatic heterocycles. The molecule has 0 fully saturated rings. The summed E-state index contributed by atoms with van der Waals surface area (Å²) in [6.07, 6.45) is 1.15. The van der Waals surface area contributed by atoms with Gasteiger partial charge in [-0.15, -0.1) is 0 Å². The Morgan fingerprint density at radius 3 is 2.26 bits per heavy atom. The molecule has 1 aromatic carbocycles. The highest BCUT2D eigenvalue weighted by molar-refractivity contribution is 14.1. The molecule has 0 amide bonds. The van der Waals surface area contributed by atoms with Crippen molar-refractivity contribution in [2.24, 2.45) is 0 Å². The molecule has 0 heterocycles. The topological polar surface area (TPSA) is 55.4 Å². The van der Waals surface area contributed by atoms with Crippen molar-refractivity contribution in [1.29, 1.82) is 0 Å². The molecule has 1 unspecified atom stereocenters. The summed E-state index contributed by atoms with van der Waals surface area (Å²) >= 11 is 5.73. The third-order valence-corrected chi connectivity index (χ3v) is 10.9. The number of halogens is 2. The highest BCUT2D eigenvalue weighted by Crippen LogP contribution is 2.34. The Morgan fingerprint density at radius 1 is 1.26 bits per heavy atom. The second kappa shape index (κ2) is 9.16. The Labute approximate surface area is 163 Å². The van der Waals surface area contributed by atoms with Gasteiger partial charge in [-0.05, 0) is 51.8 Å². The highest BCUT2D eigenvalue weighted by atomic mass is 127. The van der Waals surface area contributed by atoms with E-state index in [1.807, 2.05) is 18.2 Å². The van der Waals surface area contributed by atoms with Gasteiger partial charge in [-0.1, -0.05) is 49.4 Å². The molecule has 0 radical (unpaired) electrons. The van der Waals surface area contributed by atoms with Crippen LogP contribution in [0.5, 0.6) is 0 Å². The summed E-state index contributed by atoms with van der Waals surface area (Å²) < 4.78 is 33.7. The van der Waals surface area contributed by atoms with Gasteiger partial charge in [0.05, 0.1) is 18.0 Å². The van der Waals surface area contributed by atoms with Crippen LogP contribution >= 0.6 is 38.5 Å². The van der Waals surface area contributed by atoms with Crippen LogP contribution in [0.25, 0.3) is 0 Å². The molecule has 23 heavy (non-hydrogen) atoms. The third-order valence-electron chi connectivity index (χ3n) is 4.12. The zero-order chi connectivity index (χ0) is 17.7. The highest BCUT2D eigenvalue weighted by Gasteiger charge is 2.32. The molecule has 132 valence electrons. The number of sulfonamides is 1. The Hall–Kier alpha value is 0.357. The quantitative estimate of drug-likeness (QED) is 0.265. The van der Waals surface area contributed by atoms with Crippen molar-refractivity contribution in [3.8, 4) is 0 Å². The predicted molar refractivity (Wildman–Crippen MR) is 113 cm³/mol. The Morgan fingerprint density at radius 2 is 1.83 bits per heavy atom. The van der Waals surface area contributed by atoms with Crippen LogP contribution in [0.15, 0.2) is 22.7 Å². The van der Waals surface area contributed by atoms with Crippen LogP contribution in [-0.4, -0.2) is 27.4 Å². The zero-order valence-electron chi connectivity index (χ0n) is 14.0. The molecule has 4 nitrogen and oxygen atoms in total. The number of hydrogen-bond acceptors (Lipinski definition) is 3. The van der Waals surface area contributed by atoms with Crippen LogP contribution in [0.1, 0.15) is 32.4 Å². The molecule has 1 aromatic rings. The number of rotatable bonds is 9. The van der Waals surface area contributed by atoms with Crippen molar-refractivity contribution >= 4 is 62.5 Å². The zero-order valence-corrected chi connectivity index (χ0v) is 19.6. The molecule has 1 rings (SSSR count). The van der Waals surface area contributed by atoms with Gasteiger partial charge in [-0.2, -0.15) is 0 Å². The first-order valence-corrected chi connectivity index (χ1v) is 14.4. The molecule has 1 N–H and O–H groups in total. The Kier molecular flexibility index (Phi) is 8.53. The van der Waals surface area contributed by atoms with Crippen molar-refractivity contribution < 1.29 is 12.8 Å². The molecule has 0 saturated heterocycles. The molecule has 0 aliphatic carbocycles. The molecular formula is C15H25BrINO3SSi. The molecule has 1 atom stereocenters. The first kappa shape index (κ1) is 21.4. The second-order valence-corrected chi connectivity index (χ2v) is 13.8. The van der Waals surface area contributed by atoms with E-state index in [9.17, 15) is 8.42 Å². The Bertz CT molecular complexity index is 615. The summed E-state index contributed by atoms with van der Waals surface area (Å²) in [5.74, 6) is 0. The van der Waals surface area contributed by atoms with Gasteiger partial charge >= 0.3 is 0 Å². The van der Waals surface area contributed by atoms with E-state index in [-0.39, 0.29) is 6.10 Å². The van der Waals surface area contributed by atoms with E-state index >= 15 is 0 Å². The Balaban J connectivity index is 3.14. The van der Waals surface area contributed by atoms with Gasteiger partial charge in [-0.3, -0.25) is 4.72 Å². The minimum absolute atomic E-state index is 0.00433. The summed E-state index contributed by atoms with van der Waals surface area (Å²) in [5.41, 5.74) is 1.57. The van der Waals surface area contributed by atoms with Crippen molar-refractivity contribution in [2.75, 3.05) is 15.4 Å². The van der Waals surface area contributed by atoms with E-state index in [1.54, 1.807) is 0 Å². The van der Waals surface area contributed by atoms with Crippen molar-refractivity contribution in [3.63, 3.8) is 0 Å². The van der Waals surface area contributed by atoms with Crippen molar-refractivity contribution in [2.45, 2.75) is 45.0 Å². The van der Waals surface area contributed by atoms with Crippen molar-refractivity contribution in [3.05, 3.63) is 28.2 Å². The fraction of sp³-hybridized carbons (Fsp3) is 0.600. The van der Waals surface area contributed by atoms with Gasteiger partial charge in [0, 0.05) is 8.90 Å². The van der Waals surface area contributed by atoms with E-state index in [2.05, 4.69) is 64.0 Å². The first-order valence-electron chi connectivity index (χ1n) is 7.71. The number of hydrogen-bond donors (Lipinski definition) is 1. The fourth-order valence-electron chi connectivity index (χ4n) is 2.51. The molecule has 0 aliphatic heterocycles. The summed E-state index contributed by atoms with van der Waals surface area (Å²) in [4.78, 5) is 0. The molecule has 0 spiro atoms. The summed E-state index contributed by atoms with van der Waals surface area (Å²) in [7, 11) is -5.03. The van der Waals surface area contributed by atoms with Crippen LogP contribution < -0.4 is 4.72 Å². The van der Waals surface area contributed by atoms with Crippen molar-refractivity contribution in [1.82, 2.24) is 0 Å². The predicted octanol–water partition coefficient (Wildman–Crippen LogP) is 5.32. The van der Waals surface area contributed by atoms with Gasteiger partial charge in [0.25, 0.3) is 0 Å². The maximum absolute atomic E-state index is 11.5. The number of nitrogens with one attached hydrogen (secondary N) is 1. The summed E-state index contributed by atoms with van der Waals surface area (Å²) in [6, 6.07) is 9.03. The first-order chi connectivity index (χ1) is 10.7. The minimum atomic E-state index is -3.31. The van der Waals surface area contributed by atoms with Gasteiger partial charge in [0.15, 0.2) is 8.32 Å². The van der Waals surface area contributed by atoms with E-state index in [0.29, 0.717) is 5.69 Å². The van der Waals surface area contributed by atoms with Crippen LogP contribution in [0, 0.1) is 0 Å². The lowest BCUT2D eigenvalue weighted by Crippen LogP contribution is -2.37. The van der Waals surface area contributed by atoms with Crippen LogP contribution in [-0.2, 0) is 14.4 Å². The smallest absolute Gasteiger partial charge is 0.229 e. The monoisotopic (exact) mass is 533 g/mol. The second-order valence-electron chi connectivity index (χ2n) is 5.62. The average molecular weight is 534 g/mol. The minimum Gasteiger partial charge on any atom is -0.409 e. The van der Waals surface area contributed by atoms with Crippen LogP contribution in [0.4, 0.5) is 5.69 Å². The summed E-state index contributed by atoms with van der Waals surface area (Å²) in [5, 5.41) is 0. The molecule has 0 aliphatic rings. The molecule has 0 saturated carbocycles. The van der Waals surface area contributed by atoms with Crippen LogP contribution in [0.3, 0.4) is 0 Å². The average Bonchev–Trinajstić information content (AvgIpc) is 2.50. The van der Waals surface area contributed by atoms with E-state index in [0.717, 1.165) is 38.9 Å². The van der Waals surface area contributed by atoms with Gasteiger partial charge in [0.1, 0.15) is 0 Å². The van der Waals surface area contributed by atoms with Gasteiger partial charge in [0.2, 0.25) is 10.0 Å². The van der Waals surface area contributed by atoms with E-state index in [1.165, 1.54) is 0 Å². The third kappa shape index (κ3) is 6.30. The maximum Gasteiger partial charge on any atom is 0.229 e. The fourth-order valence-corrected chi connectivity index (χ4v) is 7.41. The SMILES string of the molecule is CC[Si](CC)(CC)OC(CI)c1ccc(Br)c(NS(C)(=O)=O)c1. The van der Waals surface area contributed by atoms with Crippen LogP contribution in [0.2, 0.25) is 18.1 Å². The lowest BCUT2D eigenvalue weighted by Gasteiger charge is -2.33. The molecule has 0 bridgehead atoms. The van der Waals surface area contributed by atoms with E-state index < -0.39 is 18.3 Å². The molecule has 8 heteroatoms. The standard InChI is InChI=1S/C15H25BrINO3SSi/c1-5-23(6-2,7-3)21-15(11-17)12-8-9-13(16)14(10-12)18-22(4,19)20/h8-10,15,18H,5-7,11H2,1-4H3. The van der Waals surface area contributed by atoms with E-state index in [4.69, 9.17) is 4.43 Å². The normalized spacial score (nSPS) is 13.8. The number of benzene rings is 1. The lowest BCUT2D eigenvalue weighted by atomic mass is 10.1. The molecular weight excluding hydrogens is 509 g/mol. The van der Waals surface area contributed by atoms with Gasteiger partial charge < -0.3 is 4.43 Å².